The summed E-state index contributed by atoms with van der Waals surface area (Å²) in [5.74, 6) is 2.12. The third kappa shape index (κ3) is 3.51. The van der Waals surface area contributed by atoms with E-state index in [9.17, 15) is 0 Å². The molecular weight excluding hydrogens is 284 g/mol. The number of hydrogen-bond acceptors (Lipinski definition) is 2. The highest BCUT2D eigenvalue weighted by atomic mass is 35.5. The van der Waals surface area contributed by atoms with Crippen molar-refractivity contribution in [2.75, 3.05) is 14.2 Å². The lowest BCUT2D eigenvalue weighted by Crippen LogP contribution is -1.97. The second-order valence-electron chi connectivity index (χ2n) is 4.95. The number of rotatable bonds is 6. The molecule has 0 spiro atoms. The summed E-state index contributed by atoms with van der Waals surface area (Å²) in [6, 6.07) is 12.5. The molecule has 0 saturated heterocycles. The van der Waals surface area contributed by atoms with Crippen LogP contribution in [0.5, 0.6) is 11.5 Å². The summed E-state index contributed by atoms with van der Waals surface area (Å²) in [7, 11) is 3.36. The van der Waals surface area contributed by atoms with Crippen molar-refractivity contribution >= 4 is 11.6 Å². The fourth-order valence-corrected chi connectivity index (χ4v) is 2.67. The summed E-state index contributed by atoms with van der Waals surface area (Å²) < 4.78 is 11.0. The van der Waals surface area contributed by atoms with Gasteiger partial charge in [0, 0.05) is 5.88 Å². The SMILES string of the molecule is CCCc1cc(-c2cccc(CCl)c2)cc(OC)c1OC. The van der Waals surface area contributed by atoms with Gasteiger partial charge in [0.1, 0.15) is 0 Å². The maximum absolute atomic E-state index is 5.93. The molecule has 21 heavy (non-hydrogen) atoms. The van der Waals surface area contributed by atoms with Crippen LogP contribution in [0, 0.1) is 0 Å². The molecule has 0 N–H and O–H groups in total. The molecule has 112 valence electrons. The first-order chi connectivity index (χ1) is 10.2. The minimum atomic E-state index is 0.517. The van der Waals surface area contributed by atoms with Crippen LogP contribution < -0.4 is 9.47 Å². The molecule has 0 aromatic heterocycles. The van der Waals surface area contributed by atoms with Gasteiger partial charge < -0.3 is 9.47 Å². The first kappa shape index (κ1) is 15.7. The maximum Gasteiger partial charge on any atom is 0.163 e. The number of alkyl halides is 1. The van der Waals surface area contributed by atoms with Gasteiger partial charge in [-0.05, 0) is 46.9 Å². The monoisotopic (exact) mass is 304 g/mol. The van der Waals surface area contributed by atoms with E-state index in [1.165, 1.54) is 5.56 Å². The second kappa shape index (κ2) is 7.37. The Morgan fingerprint density at radius 1 is 1.00 bits per heavy atom. The van der Waals surface area contributed by atoms with Crippen LogP contribution in [-0.4, -0.2) is 14.2 Å². The molecule has 0 amide bonds. The lowest BCUT2D eigenvalue weighted by Gasteiger charge is -2.15. The van der Waals surface area contributed by atoms with Gasteiger partial charge in [0.05, 0.1) is 14.2 Å². The minimum absolute atomic E-state index is 0.517. The van der Waals surface area contributed by atoms with E-state index in [2.05, 4.69) is 25.1 Å². The first-order valence-electron chi connectivity index (χ1n) is 7.13. The number of halogens is 1. The molecule has 2 nitrogen and oxygen atoms in total. The van der Waals surface area contributed by atoms with Crippen molar-refractivity contribution in [2.24, 2.45) is 0 Å². The van der Waals surface area contributed by atoms with Crippen molar-refractivity contribution in [3.8, 4) is 22.6 Å². The fourth-order valence-electron chi connectivity index (χ4n) is 2.50. The van der Waals surface area contributed by atoms with E-state index in [1.807, 2.05) is 18.2 Å². The molecule has 0 unspecified atom stereocenters. The van der Waals surface area contributed by atoms with Gasteiger partial charge in [0.2, 0.25) is 0 Å². The van der Waals surface area contributed by atoms with Gasteiger partial charge in [-0.3, -0.25) is 0 Å². The van der Waals surface area contributed by atoms with Crippen LogP contribution in [0.2, 0.25) is 0 Å². The van der Waals surface area contributed by atoms with Crippen LogP contribution in [0.3, 0.4) is 0 Å². The zero-order valence-corrected chi connectivity index (χ0v) is 13.5. The Balaban J connectivity index is 2.55. The number of hydrogen-bond donors (Lipinski definition) is 0. The molecule has 2 aromatic rings. The highest BCUT2D eigenvalue weighted by Crippen LogP contribution is 2.37. The van der Waals surface area contributed by atoms with Crippen molar-refractivity contribution in [1.29, 1.82) is 0 Å². The molecule has 0 radical (unpaired) electrons. The smallest absolute Gasteiger partial charge is 0.163 e. The zero-order valence-electron chi connectivity index (χ0n) is 12.8. The van der Waals surface area contributed by atoms with Gasteiger partial charge in [-0.2, -0.15) is 0 Å². The summed E-state index contributed by atoms with van der Waals surface area (Å²) in [6.07, 6.45) is 2.02. The van der Waals surface area contributed by atoms with E-state index in [0.29, 0.717) is 5.88 Å². The standard InChI is InChI=1S/C18H21ClO2/c1-4-6-15-10-16(11-17(20-2)18(15)21-3)14-8-5-7-13(9-14)12-19/h5,7-11H,4,6,12H2,1-3H3. The number of ether oxygens (including phenoxy) is 2. The Morgan fingerprint density at radius 2 is 1.81 bits per heavy atom. The average molecular weight is 305 g/mol. The number of aryl methyl sites for hydroxylation is 1. The summed E-state index contributed by atoms with van der Waals surface area (Å²) in [5.41, 5.74) is 4.56. The van der Waals surface area contributed by atoms with Gasteiger partial charge in [-0.15, -0.1) is 11.6 Å². The van der Waals surface area contributed by atoms with Gasteiger partial charge in [-0.1, -0.05) is 31.5 Å². The Morgan fingerprint density at radius 3 is 2.43 bits per heavy atom. The topological polar surface area (TPSA) is 18.5 Å². The molecule has 3 heteroatoms. The summed E-state index contributed by atoms with van der Waals surface area (Å²) in [4.78, 5) is 0. The number of methoxy groups -OCH3 is 2. The molecule has 2 aromatic carbocycles. The lowest BCUT2D eigenvalue weighted by atomic mass is 9.98. The minimum Gasteiger partial charge on any atom is -0.493 e. The fraction of sp³-hybridized carbons (Fsp3) is 0.333. The highest BCUT2D eigenvalue weighted by molar-refractivity contribution is 6.17. The highest BCUT2D eigenvalue weighted by Gasteiger charge is 2.13. The van der Waals surface area contributed by atoms with E-state index < -0.39 is 0 Å². The summed E-state index contributed by atoms with van der Waals surface area (Å²) in [5, 5.41) is 0. The van der Waals surface area contributed by atoms with Gasteiger partial charge in [-0.25, -0.2) is 0 Å². The van der Waals surface area contributed by atoms with E-state index in [-0.39, 0.29) is 0 Å². The molecule has 0 fully saturated rings. The summed E-state index contributed by atoms with van der Waals surface area (Å²) in [6.45, 7) is 2.16. The second-order valence-corrected chi connectivity index (χ2v) is 5.22. The van der Waals surface area contributed by atoms with E-state index in [1.54, 1.807) is 14.2 Å². The van der Waals surface area contributed by atoms with Gasteiger partial charge in [0.15, 0.2) is 11.5 Å². The van der Waals surface area contributed by atoms with Gasteiger partial charge >= 0.3 is 0 Å². The molecule has 0 aliphatic carbocycles. The molecule has 0 saturated carbocycles. The average Bonchev–Trinajstić information content (AvgIpc) is 2.54. The van der Waals surface area contributed by atoms with Crippen molar-refractivity contribution in [3.63, 3.8) is 0 Å². The molecule has 0 bridgehead atoms. The Hall–Kier alpha value is -1.67. The Kier molecular flexibility index (Phi) is 5.51. The maximum atomic E-state index is 5.93. The van der Waals surface area contributed by atoms with Crippen molar-refractivity contribution < 1.29 is 9.47 Å². The predicted molar refractivity (Wildman–Crippen MR) is 88.5 cm³/mol. The van der Waals surface area contributed by atoms with Crippen molar-refractivity contribution in [3.05, 3.63) is 47.5 Å². The van der Waals surface area contributed by atoms with Crippen LogP contribution in [0.4, 0.5) is 0 Å². The Bertz CT molecular complexity index is 608. The van der Waals surface area contributed by atoms with Crippen molar-refractivity contribution in [1.82, 2.24) is 0 Å². The predicted octanol–water partition coefficient (Wildman–Crippen LogP) is 5.06. The molecule has 0 atom stereocenters. The Labute approximate surface area is 131 Å². The van der Waals surface area contributed by atoms with E-state index >= 15 is 0 Å². The quantitative estimate of drug-likeness (QED) is 0.694. The molecule has 0 heterocycles. The molecule has 2 rings (SSSR count). The van der Waals surface area contributed by atoms with Crippen LogP contribution in [-0.2, 0) is 12.3 Å². The van der Waals surface area contributed by atoms with Gasteiger partial charge in [0.25, 0.3) is 0 Å². The third-order valence-corrected chi connectivity index (χ3v) is 3.80. The van der Waals surface area contributed by atoms with Crippen LogP contribution in [0.15, 0.2) is 36.4 Å². The van der Waals surface area contributed by atoms with E-state index in [4.69, 9.17) is 21.1 Å². The van der Waals surface area contributed by atoms with Crippen LogP contribution in [0.25, 0.3) is 11.1 Å². The van der Waals surface area contributed by atoms with Crippen LogP contribution >= 0.6 is 11.6 Å². The number of benzene rings is 2. The molecule has 0 aliphatic heterocycles. The molecule has 0 aliphatic rings. The lowest BCUT2D eigenvalue weighted by molar-refractivity contribution is 0.351. The van der Waals surface area contributed by atoms with E-state index in [0.717, 1.165) is 41.0 Å². The normalized spacial score (nSPS) is 10.5. The third-order valence-electron chi connectivity index (χ3n) is 3.49. The van der Waals surface area contributed by atoms with Crippen molar-refractivity contribution in [2.45, 2.75) is 25.6 Å². The zero-order chi connectivity index (χ0) is 15.2. The first-order valence-corrected chi connectivity index (χ1v) is 7.67. The molecular formula is C18H21ClO2. The van der Waals surface area contributed by atoms with Crippen LogP contribution in [0.1, 0.15) is 24.5 Å². The largest absolute Gasteiger partial charge is 0.493 e. The summed E-state index contributed by atoms with van der Waals surface area (Å²) >= 11 is 5.93.